The van der Waals surface area contributed by atoms with Gasteiger partial charge >= 0.3 is 0 Å². The molecule has 1 unspecified atom stereocenters. The van der Waals surface area contributed by atoms with Crippen molar-refractivity contribution in [3.63, 3.8) is 0 Å². The largest absolute Gasteiger partial charge is 0.384 e. The zero-order chi connectivity index (χ0) is 27.4. The summed E-state index contributed by atoms with van der Waals surface area (Å²) < 4.78 is 17.8. The minimum Gasteiger partial charge on any atom is -0.384 e. The Labute approximate surface area is 223 Å². The fraction of sp³-hybridized carbons (Fsp3) is 0.467. The Morgan fingerprint density at radius 1 is 1.26 bits per heavy atom. The van der Waals surface area contributed by atoms with Crippen molar-refractivity contribution in [2.24, 2.45) is 11.7 Å². The third kappa shape index (κ3) is 5.07. The second kappa shape index (κ2) is 9.82. The lowest BCUT2D eigenvalue weighted by atomic mass is 10.0. The molecule has 3 N–H and O–H groups in total. The smallest absolute Gasteiger partial charge is 0.254 e. The van der Waals surface area contributed by atoms with Crippen molar-refractivity contribution in [1.82, 2.24) is 14.5 Å². The van der Waals surface area contributed by atoms with Gasteiger partial charge in [0.1, 0.15) is 17.1 Å². The number of anilines is 1. The minimum atomic E-state index is -1.06. The van der Waals surface area contributed by atoms with Gasteiger partial charge in [0, 0.05) is 43.7 Å². The zero-order valence-electron chi connectivity index (χ0n) is 22.8. The topological polar surface area (TPSA) is 87.6 Å². The standard InChI is InChI=1S/C30H38FN5O2/c1-18-13-22(29(37)35-12-6-7-23(32)17-35)14-24(31)27(18)34(5)19(2)25-15-21-10-11-26(30(3,4)38)33-28(21)36(25)16-20-8-9-20/h10-11,13-15,20,23,38H,2,6-9,12,16-17,32H2,1,3-5H3. The molecule has 1 saturated carbocycles. The van der Waals surface area contributed by atoms with Crippen molar-refractivity contribution in [1.29, 1.82) is 0 Å². The molecule has 1 aliphatic heterocycles. The van der Waals surface area contributed by atoms with E-state index >= 15 is 4.39 Å². The number of fused-ring (bicyclic) bond motifs is 1. The van der Waals surface area contributed by atoms with Crippen molar-refractivity contribution >= 4 is 28.3 Å². The van der Waals surface area contributed by atoms with Crippen molar-refractivity contribution in [3.05, 3.63) is 65.2 Å². The summed E-state index contributed by atoms with van der Waals surface area (Å²) in [5.74, 6) is -0.0826. The van der Waals surface area contributed by atoms with E-state index in [1.165, 1.54) is 6.07 Å². The predicted molar refractivity (Wildman–Crippen MR) is 149 cm³/mol. The number of piperidine rings is 1. The lowest BCUT2D eigenvalue weighted by molar-refractivity contribution is 0.0707. The highest BCUT2D eigenvalue weighted by atomic mass is 19.1. The molecule has 1 saturated heterocycles. The average molecular weight is 520 g/mol. The van der Waals surface area contributed by atoms with E-state index in [1.54, 1.807) is 36.8 Å². The Kier molecular flexibility index (Phi) is 6.82. The van der Waals surface area contributed by atoms with Gasteiger partial charge in [-0.05, 0) is 88.3 Å². The molecule has 3 heterocycles. The monoisotopic (exact) mass is 519 g/mol. The van der Waals surface area contributed by atoms with Gasteiger partial charge in [-0.1, -0.05) is 6.58 Å². The lowest BCUT2D eigenvalue weighted by Gasteiger charge is -2.31. The number of halogens is 1. The van der Waals surface area contributed by atoms with E-state index in [4.69, 9.17) is 10.7 Å². The van der Waals surface area contributed by atoms with Crippen LogP contribution in [0.5, 0.6) is 0 Å². The summed E-state index contributed by atoms with van der Waals surface area (Å²) in [5, 5.41) is 11.5. The average Bonchev–Trinajstić information content (AvgIpc) is 3.61. The van der Waals surface area contributed by atoms with Crippen LogP contribution in [0.2, 0.25) is 0 Å². The molecule has 0 radical (unpaired) electrons. The Hall–Kier alpha value is -3.23. The fourth-order valence-corrected chi connectivity index (χ4v) is 5.42. The summed E-state index contributed by atoms with van der Waals surface area (Å²) >= 11 is 0. The summed E-state index contributed by atoms with van der Waals surface area (Å²) in [7, 11) is 1.80. The molecule has 5 rings (SSSR count). The van der Waals surface area contributed by atoms with Crippen LogP contribution in [0.15, 0.2) is 36.9 Å². The lowest BCUT2D eigenvalue weighted by Crippen LogP contribution is -2.45. The first-order valence-corrected chi connectivity index (χ1v) is 13.4. The van der Waals surface area contributed by atoms with Gasteiger partial charge in [-0.2, -0.15) is 0 Å². The highest BCUT2D eigenvalue weighted by molar-refractivity contribution is 5.95. The number of aromatic nitrogens is 2. The number of aryl methyl sites for hydroxylation is 1. The summed E-state index contributed by atoms with van der Waals surface area (Å²) in [4.78, 5) is 21.4. The van der Waals surface area contributed by atoms with Crippen LogP contribution in [-0.2, 0) is 12.1 Å². The molecular formula is C30H38FN5O2. The van der Waals surface area contributed by atoms with Gasteiger partial charge in [0.2, 0.25) is 0 Å². The van der Waals surface area contributed by atoms with E-state index in [9.17, 15) is 9.90 Å². The van der Waals surface area contributed by atoms with Crippen molar-refractivity contribution in [2.45, 2.75) is 64.6 Å². The molecular weight excluding hydrogens is 481 g/mol. The van der Waals surface area contributed by atoms with Crippen LogP contribution in [0, 0.1) is 18.7 Å². The molecule has 2 aromatic heterocycles. The van der Waals surface area contributed by atoms with E-state index in [2.05, 4.69) is 11.1 Å². The third-order valence-corrected chi connectivity index (χ3v) is 7.79. The molecule has 1 aliphatic carbocycles. The number of carbonyl (C=O) groups excluding carboxylic acids is 1. The molecule has 38 heavy (non-hydrogen) atoms. The molecule has 0 spiro atoms. The van der Waals surface area contributed by atoms with E-state index in [0.29, 0.717) is 47.2 Å². The number of amides is 1. The highest BCUT2D eigenvalue weighted by Gasteiger charge is 2.28. The third-order valence-electron chi connectivity index (χ3n) is 7.79. The number of rotatable bonds is 7. The van der Waals surface area contributed by atoms with Gasteiger partial charge in [0.25, 0.3) is 5.91 Å². The van der Waals surface area contributed by atoms with Gasteiger partial charge in [-0.25, -0.2) is 9.37 Å². The first-order chi connectivity index (χ1) is 17.9. The molecule has 8 heteroatoms. The first-order valence-electron chi connectivity index (χ1n) is 13.4. The molecule has 202 valence electrons. The maximum absolute atomic E-state index is 15.6. The fourth-order valence-electron chi connectivity index (χ4n) is 5.42. The maximum atomic E-state index is 15.6. The number of carbonyl (C=O) groups is 1. The second-order valence-electron chi connectivity index (χ2n) is 11.5. The van der Waals surface area contributed by atoms with Crippen LogP contribution in [0.1, 0.15) is 66.8 Å². The Balaban J connectivity index is 1.48. The minimum absolute atomic E-state index is 0.0382. The maximum Gasteiger partial charge on any atom is 0.254 e. The molecule has 1 amide bonds. The molecule has 0 bridgehead atoms. The molecule has 2 aliphatic rings. The molecule has 7 nitrogen and oxygen atoms in total. The van der Waals surface area contributed by atoms with Crippen LogP contribution >= 0.6 is 0 Å². The number of nitrogens with zero attached hydrogens (tertiary/aromatic N) is 4. The van der Waals surface area contributed by atoms with Crippen molar-refractivity contribution in [2.75, 3.05) is 25.0 Å². The van der Waals surface area contributed by atoms with Crippen LogP contribution in [-0.4, -0.2) is 51.6 Å². The first kappa shape index (κ1) is 26.4. The van der Waals surface area contributed by atoms with E-state index in [1.807, 2.05) is 25.1 Å². The Morgan fingerprint density at radius 3 is 2.63 bits per heavy atom. The number of likely N-dealkylation sites (tertiary alicyclic amines) is 1. The van der Waals surface area contributed by atoms with Crippen LogP contribution in [0.3, 0.4) is 0 Å². The summed E-state index contributed by atoms with van der Waals surface area (Å²) in [5.41, 5.74) is 9.26. The van der Waals surface area contributed by atoms with Gasteiger partial charge in [0.15, 0.2) is 0 Å². The molecule has 1 aromatic carbocycles. The summed E-state index contributed by atoms with van der Waals surface area (Å²) in [6.07, 6.45) is 4.08. The molecule has 1 atom stereocenters. The molecule has 2 fully saturated rings. The molecule has 3 aromatic rings. The van der Waals surface area contributed by atoms with Gasteiger partial charge < -0.3 is 25.2 Å². The number of aliphatic hydroxyl groups is 1. The highest BCUT2D eigenvalue weighted by Crippen LogP contribution is 2.37. The Bertz CT molecular complexity index is 1380. The van der Waals surface area contributed by atoms with Gasteiger partial charge in [-0.3, -0.25) is 4.79 Å². The van der Waals surface area contributed by atoms with Gasteiger partial charge in [-0.15, -0.1) is 0 Å². The number of pyridine rings is 1. The normalized spacial score (nSPS) is 18.2. The van der Waals surface area contributed by atoms with Gasteiger partial charge in [0.05, 0.1) is 22.8 Å². The Morgan fingerprint density at radius 2 is 2.00 bits per heavy atom. The van der Waals surface area contributed by atoms with Crippen LogP contribution in [0.4, 0.5) is 10.1 Å². The summed E-state index contributed by atoms with van der Waals surface area (Å²) in [6, 6.07) is 8.88. The second-order valence-corrected chi connectivity index (χ2v) is 11.5. The SMILES string of the molecule is C=C(c1cc2ccc(C(C)(C)O)nc2n1CC1CC1)N(C)c1c(C)cc(C(=O)N2CCCC(N)C2)cc1F. The van der Waals surface area contributed by atoms with Crippen molar-refractivity contribution in [3.8, 4) is 0 Å². The number of nitrogens with two attached hydrogens (primary N) is 1. The van der Waals surface area contributed by atoms with E-state index < -0.39 is 11.4 Å². The van der Waals surface area contributed by atoms with E-state index in [-0.39, 0.29) is 11.9 Å². The summed E-state index contributed by atoms with van der Waals surface area (Å²) in [6.45, 7) is 11.5. The number of hydrogen-bond acceptors (Lipinski definition) is 5. The zero-order valence-corrected chi connectivity index (χ0v) is 22.8. The predicted octanol–water partition coefficient (Wildman–Crippen LogP) is 4.79. The quantitative estimate of drug-likeness (QED) is 0.469. The number of benzene rings is 1. The van der Waals surface area contributed by atoms with Crippen molar-refractivity contribution < 1.29 is 14.3 Å². The van der Waals surface area contributed by atoms with Crippen LogP contribution in [0.25, 0.3) is 16.7 Å². The van der Waals surface area contributed by atoms with E-state index in [0.717, 1.165) is 49.0 Å². The van der Waals surface area contributed by atoms with Crippen LogP contribution < -0.4 is 10.6 Å². The number of hydrogen-bond donors (Lipinski definition) is 2.